The molecule has 2 N–H and O–H groups in total. The van der Waals surface area contributed by atoms with Gasteiger partial charge in [0.15, 0.2) is 0 Å². The Morgan fingerprint density at radius 3 is 2.30 bits per heavy atom. The van der Waals surface area contributed by atoms with E-state index >= 15 is 0 Å². The molecule has 0 saturated carbocycles. The van der Waals surface area contributed by atoms with Gasteiger partial charge < -0.3 is 10.6 Å². The van der Waals surface area contributed by atoms with E-state index in [-0.39, 0.29) is 23.5 Å². The monoisotopic (exact) mass is 396 g/mol. The second-order valence-corrected chi connectivity index (χ2v) is 7.75. The van der Waals surface area contributed by atoms with Crippen molar-refractivity contribution < 1.29 is 14.0 Å². The molecule has 0 spiro atoms. The summed E-state index contributed by atoms with van der Waals surface area (Å²) in [6.45, 7) is 5.60. The number of piperidine rings is 1. The van der Waals surface area contributed by atoms with Crippen LogP contribution in [0.5, 0.6) is 0 Å². The summed E-state index contributed by atoms with van der Waals surface area (Å²) in [5.74, 6) is -0.574. The quantitative estimate of drug-likeness (QED) is 0.815. The van der Waals surface area contributed by atoms with Crippen LogP contribution in [0, 0.1) is 11.7 Å². The molecule has 0 bridgehead atoms. The van der Waals surface area contributed by atoms with Crippen molar-refractivity contribution >= 4 is 23.4 Å². The highest BCUT2D eigenvalue weighted by atomic mass is 35.5. The maximum absolute atomic E-state index is 13.1. The lowest BCUT2D eigenvalue weighted by molar-refractivity contribution is -0.136. The predicted octanol–water partition coefficient (Wildman–Crippen LogP) is 1.32. The first-order valence-corrected chi connectivity index (χ1v) is 9.76. The molecule has 1 aromatic rings. The minimum atomic E-state index is -0.327. The van der Waals surface area contributed by atoms with Crippen molar-refractivity contribution in [1.29, 1.82) is 0 Å². The molecule has 2 aliphatic heterocycles. The van der Waals surface area contributed by atoms with E-state index in [2.05, 4.69) is 9.80 Å². The minimum absolute atomic E-state index is 0.101. The SMILES string of the molecule is NC(=O)C1CCN(C(=O)CN2CCN(Cc3ccc(F)cc3Cl)CC2)CC1. The first-order valence-electron chi connectivity index (χ1n) is 9.38. The number of nitrogens with zero attached hydrogens (tertiary/aromatic N) is 3. The zero-order valence-corrected chi connectivity index (χ0v) is 16.1. The highest BCUT2D eigenvalue weighted by molar-refractivity contribution is 6.31. The molecular weight excluding hydrogens is 371 g/mol. The minimum Gasteiger partial charge on any atom is -0.369 e. The van der Waals surface area contributed by atoms with Crippen LogP contribution in [0.4, 0.5) is 4.39 Å². The van der Waals surface area contributed by atoms with Gasteiger partial charge >= 0.3 is 0 Å². The average molecular weight is 397 g/mol. The maximum atomic E-state index is 13.1. The van der Waals surface area contributed by atoms with Gasteiger partial charge in [-0.2, -0.15) is 0 Å². The Bertz CT molecular complexity index is 686. The van der Waals surface area contributed by atoms with Crippen molar-refractivity contribution in [3.63, 3.8) is 0 Å². The molecule has 2 aliphatic rings. The topological polar surface area (TPSA) is 69.9 Å². The third-order valence-electron chi connectivity index (χ3n) is 5.48. The van der Waals surface area contributed by atoms with Crippen LogP contribution >= 0.6 is 11.6 Å². The van der Waals surface area contributed by atoms with Crippen LogP contribution in [0.15, 0.2) is 18.2 Å². The molecule has 148 valence electrons. The highest BCUT2D eigenvalue weighted by Gasteiger charge is 2.27. The third-order valence-corrected chi connectivity index (χ3v) is 5.83. The number of halogens is 2. The molecule has 0 unspecified atom stereocenters. The number of carbonyl (C=O) groups excluding carboxylic acids is 2. The van der Waals surface area contributed by atoms with Crippen LogP contribution in [0.2, 0.25) is 5.02 Å². The van der Waals surface area contributed by atoms with Crippen molar-refractivity contribution in [2.75, 3.05) is 45.8 Å². The van der Waals surface area contributed by atoms with Gasteiger partial charge in [-0.3, -0.25) is 19.4 Å². The van der Waals surface area contributed by atoms with Gasteiger partial charge in [-0.1, -0.05) is 17.7 Å². The standard InChI is InChI=1S/C19H26ClFN4O2/c20-17-11-16(21)2-1-15(17)12-23-7-9-24(10-8-23)13-18(26)25-5-3-14(4-6-25)19(22)27/h1-2,11,14H,3-10,12-13H2,(H2,22,27). The second kappa shape index (κ2) is 8.99. The van der Waals surface area contributed by atoms with E-state index < -0.39 is 0 Å². The predicted molar refractivity (Wildman–Crippen MR) is 102 cm³/mol. The fourth-order valence-electron chi connectivity index (χ4n) is 3.70. The van der Waals surface area contributed by atoms with E-state index in [4.69, 9.17) is 17.3 Å². The molecule has 27 heavy (non-hydrogen) atoms. The Morgan fingerprint density at radius 2 is 1.70 bits per heavy atom. The molecule has 2 heterocycles. The fourth-order valence-corrected chi connectivity index (χ4v) is 3.93. The molecule has 0 radical (unpaired) electrons. The molecule has 0 atom stereocenters. The Labute approximate surface area is 164 Å². The van der Waals surface area contributed by atoms with E-state index in [1.54, 1.807) is 6.07 Å². The van der Waals surface area contributed by atoms with Crippen LogP contribution in [0.3, 0.4) is 0 Å². The van der Waals surface area contributed by atoms with E-state index in [1.165, 1.54) is 12.1 Å². The van der Waals surface area contributed by atoms with Crippen LogP contribution in [0.25, 0.3) is 0 Å². The van der Waals surface area contributed by atoms with E-state index in [1.807, 2.05) is 4.90 Å². The molecular formula is C19H26ClFN4O2. The van der Waals surface area contributed by atoms with Gasteiger partial charge in [-0.15, -0.1) is 0 Å². The zero-order valence-electron chi connectivity index (χ0n) is 15.4. The van der Waals surface area contributed by atoms with E-state index in [0.717, 1.165) is 31.7 Å². The van der Waals surface area contributed by atoms with Crippen molar-refractivity contribution in [1.82, 2.24) is 14.7 Å². The van der Waals surface area contributed by atoms with Gasteiger partial charge in [0.2, 0.25) is 11.8 Å². The largest absolute Gasteiger partial charge is 0.369 e. The lowest BCUT2D eigenvalue weighted by atomic mass is 9.96. The van der Waals surface area contributed by atoms with Gasteiger partial charge in [0.25, 0.3) is 0 Å². The average Bonchev–Trinajstić information content (AvgIpc) is 2.65. The summed E-state index contributed by atoms with van der Waals surface area (Å²) in [6, 6.07) is 4.49. The Hall–Kier alpha value is -1.70. The van der Waals surface area contributed by atoms with Gasteiger partial charge in [0.1, 0.15) is 5.82 Å². The summed E-state index contributed by atoms with van der Waals surface area (Å²) in [7, 11) is 0. The number of hydrogen-bond donors (Lipinski definition) is 1. The summed E-state index contributed by atoms with van der Waals surface area (Å²) >= 11 is 6.11. The molecule has 8 heteroatoms. The fraction of sp³-hybridized carbons (Fsp3) is 0.579. The number of primary amides is 1. The number of rotatable bonds is 5. The third kappa shape index (κ3) is 5.40. The summed E-state index contributed by atoms with van der Waals surface area (Å²) in [4.78, 5) is 30.0. The lowest BCUT2D eigenvalue weighted by Crippen LogP contribution is -2.51. The number of hydrogen-bond acceptors (Lipinski definition) is 4. The number of amides is 2. The summed E-state index contributed by atoms with van der Waals surface area (Å²) in [5, 5.41) is 0.451. The summed E-state index contributed by atoms with van der Waals surface area (Å²) in [6.07, 6.45) is 1.32. The first-order chi connectivity index (χ1) is 12.9. The molecule has 2 fully saturated rings. The van der Waals surface area contributed by atoms with Crippen LogP contribution < -0.4 is 5.73 Å². The maximum Gasteiger partial charge on any atom is 0.236 e. The number of piperazine rings is 1. The Morgan fingerprint density at radius 1 is 1.07 bits per heavy atom. The van der Waals surface area contributed by atoms with Crippen molar-refractivity contribution in [2.24, 2.45) is 11.7 Å². The van der Waals surface area contributed by atoms with E-state index in [9.17, 15) is 14.0 Å². The highest BCUT2D eigenvalue weighted by Crippen LogP contribution is 2.20. The number of nitrogens with two attached hydrogens (primary N) is 1. The Balaban J connectivity index is 1.41. The zero-order chi connectivity index (χ0) is 19.4. The van der Waals surface area contributed by atoms with Gasteiger partial charge in [0.05, 0.1) is 6.54 Å². The summed E-state index contributed by atoms with van der Waals surface area (Å²) < 4.78 is 13.1. The second-order valence-electron chi connectivity index (χ2n) is 7.35. The molecule has 2 saturated heterocycles. The van der Waals surface area contributed by atoms with Crippen LogP contribution in [-0.4, -0.2) is 72.3 Å². The van der Waals surface area contributed by atoms with Crippen molar-refractivity contribution in [3.05, 3.63) is 34.6 Å². The molecule has 6 nitrogen and oxygen atoms in total. The Kier molecular flexibility index (Phi) is 6.68. The molecule has 3 rings (SSSR count). The normalized spacial score (nSPS) is 20.0. The van der Waals surface area contributed by atoms with E-state index in [0.29, 0.717) is 44.0 Å². The first kappa shape index (κ1) is 20.0. The van der Waals surface area contributed by atoms with Crippen molar-refractivity contribution in [3.8, 4) is 0 Å². The van der Waals surface area contributed by atoms with Crippen LogP contribution in [0.1, 0.15) is 18.4 Å². The summed E-state index contributed by atoms with van der Waals surface area (Å²) in [5.41, 5.74) is 6.26. The van der Waals surface area contributed by atoms with Gasteiger partial charge in [-0.25, -0.2) is 4.39 Å². The number of benzene rings is 1. The molecule has 0 aromatic heterocycles. The number of carbonyl (C=O) groups is 2. The molecule has 2 amide bonds. The van der Waals surface area contributed by atoms with Gasteiger partial charge in [-0.05, 0) is 30.5 Å². The lowest BCUT2D eigenvalue weighted by Gasteiger charge is -2.36. The van der Waals surface area contributed by atoms with Crippen LogP contribution in [-0.2, 0) is 16.1 Å². The number of likely N-dealkylation sites (tertiary alicyclic amines) is 1. The van der Waals surface area contributed by atoms with Gasteiger partial charge in [0, 0.05) is 56.8 Å². The molecule has 1 aromatic carbocycles. The smallest absolute Gasteiger partial charge is 0.236 e. The van der Waals surface area contributed by atoms with Crippen molar-refractivity contribution in [2.45, 2.75) is 19.4 Å². The molecule has 0 aliphatic carbocycles.